The van der Waals surface area contributed by atoms with Crippen molar-refractivity contribution >= 4 is 28.9 Å². The minimum atomic E-state index is 0.169. The van der Waals surface area contributed by atoms with Crippen LogP contribution in [0.4, 0.5) is 5.69 Å². The van der Waals surface area contributed by atoms with E-state index in [0.29, 0.717) is 10.0 Å². The third kappa shape index (κ3) is 2.29. The van der Waals surface area contributed by atoms with E-state index in [1.807, 2.05) is 12.1 Å². The van der Waals surface area contributed by atoms with Gasteiger partial charge in [-0.1, -0.05) is 29.3 Å². The van der Waals surface area contributed by atoms with Crippen molar-refractivity contribution in [2.24, 2.45) is 0 Å². The van der Waals surface area contributed by atoms with Crippen molar-refractivity contribution in [1.82, 2.24) is 0 Å². The van der Waals surface area contributed by atoms with Gasteiger partial charge in [-0.3, -0.25) is 0 Å². The van der Waals surface area contributed by atoms with Crippen LogP contribution in [0.25, 0.3) is 0 Å². The van der Waals surface area contributed by atoms with E-state index in [-0.39, 0.29) is 12.6 Å². The van der Waals surface area contributed by atoms with Crippen LogP contribution in [0, 0.1) is 0 Å². The van der Waals surface area contributed by atoms with Gasteiger partial charge in [0.2, 0.25) is 0 Å². The summed E-state index contributed by atoms with van der Waals surface area (Å²) in [6.45, 7) is 1.11. The second-order valence-electron chi connectivity index (χ2n) is 4.10. The summed E-state index contributed by atoms with van der Waals surface area (Å²) >= 11 is 12.2. The Morgan fingerprint density at radius 1 is 1.31 bits per heavy atom. The number of hydrogen-bond acceptors (Lipinski definition) is 2. The molecule has 1 aliphatic heterocycles. The Morgan fingerprint density at radius 2 is 2.12 bits per heavy atom. The number of piperidine rings is 1. The standard InChI is InChI=1S/C12H15Cl2NO/c13-10-5-3-6-11(12(10)14)15-7-2-1-4-9(15)8-16/h3,5-6,9,16H,1-2,4,7-8H2. The lowest BCUT2D eigenvalue weighted by Crippen LogP contribution is -2.42. The molecule has 4 heteroatoms. The quantitative estimate of drug-likeness (QED) is 0.881. The fraction of sp³-hybridized carbons (Fsp3) is 0.500. The van der Waals surface area contributed by atoms with Crippen LogP contribution in [0.1, 0.15) is 19.3 Å². The Hall–Kier alpha value is -0.440. The molecule has 1 heterocycles. The molecule has 16 heavy (non-hydrogen) atoms. The predicted molar refractivity (Wildman–Crippen MR) is 68.5 cm³/mol. The molecule has 88 valence electrons. The lowest BCUT2D eigenvalue weighted by Gasteiger charge is -2.37. The lowest BCUT2D eigenvalue weighted by atomic mass is 10.0. The van der Waals surface area contributed by atoms with Crippen LogP contribution >= 0.6 is 23.2 Å². The number of aliphatic hydroxyl groups excluding tert-OH is 1. The Labute approximate surface area is 106 Å². The average Bonchev–Trinajstić information content (AvgIpc) is 2.33. The second-order valence-corrected chi connectivity index (χ2v) is 4.88. The highest BCUT2D eigenvalue weighted by atomic mass is 35.5. The van der Waals surface area contributed by atoms with Gasteiger partial charge in [0.15, 0.2) is 0 Å². The molecule has 0 saturated carbocycles. The molecule has 0 aromatic heterocycles. The van der Waals surface area contributed by atoms with Gasteiger partial charge in [0.25, 0.3) is 0 Å². The summed E-state index contributed by atoms with van der Waals surface area (Å²) in [5.41, 5.74) is 0.938. The number of hydrogen-bond donors (Lipinski definition) is 1. The molecule has 1 saturated heterocycles. The minimum Gasteiger partial charge on any atom is -0.394 e. The second kappa shape index (κ2) is 5.26. The molecule has 2 nitrogen and oxygen atoms in total. The van der Waals surface area contributed by atoms with E-state index in [9.17, 15) is 5.11 Å². The summed E-state index contributed by atoms with van der Waals surface area (Å²) < 4.78 is 0. The van der Waals surface area contributed by atoms with Gasteiger partial charge in [0, 0.05) is 6.54 Å². The van der Waals surface area contributed by atoms with Gasteiger partial charge >= 0.3 is 0 Å². The first-order valence-corrected chi connectivity index (χ1v) is 6.31. The highest BCUT2D eigenvalue weighted by Crippen LogP contribution is 2.35. The van der Waals surface area contributed by atoms with Gasteiger partial charge in [-0.15, -0.1) is 0 Å². The molecule has 0 bridgehead atoms. The van der Waals surface area contributed by atoms with Gasteiger partial charge in [-0.25, -0.2) is 0 Å². The van der Waals surface area contributed by atoms with Crippen LogP contribution in [0.2, 0.25) is 10.0 Å². The summed E-state index contributed by atoms with van der Waals surface area (Å²) in [4.78, 5) is 2.16. The number of anilines is 1. The molecule has 1 unspecified atom stereocenters. The van der Waals surface area contributed by atoms with Crippen LogP contribution in [0.3, 0.4) is 0 Å². The molecular formula is C12H15Cl2NO. The molecule has 1 atom stereocenters. The number of rotatable bonds is 2. The molecule has 1 fully saturated rings. The van der Waals surface area contributed by atoms with E-state index < -0.39 is 0 Å². The van der Waals surface area contributed by atoms with Crippen LogP contribution in [-0.2, 0) is 0 Å². The molecule has 1 N–H and O–H groups in total. The van der Waals surface area contributed by atoms with Gasteiger partial charge in [-0.05, 0) is 31.4 Å². The van der Waals surface area contributed by atoms with Crippen LogP contribution in [0.15, 0.2) is 18.2 Å². The number of halogens is 2. The Kier molecular flexibility index (Phi) is 3.95. The van der Waals surface area contributed by atoms with Gasteiger partial charge in [-0.2, -0.15) is 0 Å². The third-order valence-corrected chi connectivity index (χ3v) is 3.89. The summed E-state index contributed by atoms with van der Waals surface area (Å²) in [5, 5.41) is 10.5. The van der Waals surface area contributed by atoms with Gasteiger partial charge in [0.1, 0.15) is 0 Å². The van der Waals surface area contributed by atoms with Crippen molar-refractivity contribution in [3.8, 4) is 0 Å². The topological polar surface area (TPSA) is 23.5 Å². The predicted octanol–water partition coefficient (Wildman–Crippen LogP) is 3.34. The normalized spacial score (nSPS) is 21.2. The highest BCUT2D eigenvalue weighted by molar-refractivity contribution is 6.43. The smallest absolute Gasteiger partial charge is 0.0825 e. The molecule has 0 spiro atoms. The van der Waals surface area contributed by atoms with Gasteiger partial charge < -0.3 is 10.0 Å². The van der Waals surface area contributed by atoms with Crippen molar-refractivity contribution in [3.63, 3.8) is 0 Å². The zero-order chi connectivity index (χ0) is 11.5. The first-order chi connectivity index (χ1) is 7.74. The number of benzene rings is 1. The maximum absolute atomic E-state index is 9.37. The SMILES string of the molecule is OCC1CCCCN1c1cccc(Cl)c1Cl. The first-order valence-electron chi connectivity index (χ1n) is 5.55. The van der Waals surface area contributed by atoms with Crippen LogP contribution in [0.5, 0.6) is 0 Å². The van der Waals surface area contributed by atoms with E-state index in [1.54, 1.807) is 6.07 Å². The van der Waals surface area contributed by atoms with E-state index in [2.05, 4.69) is 4.90 Å². The fourth-order valence-electron chi connectivity index (χ4n) is 2.22. The van der Waals surface area contributed by atoms with Crippen molar-refractivity contribution in [2.45, 2.75) is 25.3 Å². The Morgan fingerprint density at radius 3 is 2.88 bits per heavy atom. The molecule has 0 radical (unpaired) electrons. The van der Waals surface area contributed by atoms with E-state index >= 15 is 0 Å². The van der Waals surface area contributed by atoms with Crippen LogP contribution < -0.4 is 4.90 Å². The van der Waals surface area contributed by atoms with E-state index in [1.165, 1.54) is 6.42 Å². The summed E-state index contributed by atoms with van der Waals surface area (Å²) in [6.07, 6.45) is 3.32. The van der Waals surface area contributed by atoms with Crippen molar-refractivity contribution in [1.29, 1.82) is 0 Å². The molecule has 1 aliphatic rings. The van der Waals surface area contributed by atoms with Crippen molar-refractivity contribution in [3.05, 3.63) is 28.2 Å². The number of aliphatic hydroxyl groups is 1. The summed E-state index contributed by atoms with van der Waals surface area (Å²) in [5.74, 6) is 0. The van der Waals surface area contributed by atoms with Crippen LogP contribution in [-0.4, -0.2) is 24.3 Å². The minimum absolute atomic E-state index is 0.169. The molecule has 0 amide bonds. The molecule has 1 aromatic carbocycles. The monoisotopic (exact) mass is 259 g/mol. The van der Waals surface area contributed by atoms with Crippen molar-refractivity contribution < 1.29 is 5.11 Å². The molecule has 1 aromatic rings. The molecule has 2 rings (SSSR count). The summed E-state index contributed by atoms with van der Waals surface area (Å²) in [7, 11) is 0. The molecule has 0 aliphatic carbocycles. The van der Waals surface area contributed by atoms with E-state index in [0.717, 1.165) is 25.1 Å². The van der Waals surface area contributed by atoms with E-state index in [4.69, 9.17) is 23.2 Å². The zero-order valence-electron chi connectivity index (χ0n) is 9.00. The van der Waals surface area contributed by atoms with Crippen molar-refractivity contribution in [2.75, 3.05) is 18.1 Å². The average molecular weight is 260 g/mol. The van der Waals surface area contributed by atoms with Gasteiger partial charge in [0.05, 0.1) is 28.4 Å². The maximum atomic E-state index is 9.37. The highest BCUT2D eigenvalue weighted by Gasteiger charge is 2.23. The first kappa shape index (κ1) is 12.0. The Balaban J connectivity index is 2.30. The number of nitrogens with zero attached hydrogens (tertiary/aromatic N) is 1. The maximum Gasteiger partial charge on any atom is 0.0825 e. The third-order valence-electron chi connectivity index (χ3n) is 3.08. The lowest BCUT2D eigenvalue weighted by molar-refractivity contribution is 0.240. The summed E-state index contributed by atoms with van der Waals surface area (Å²) in [6, 6.07) is 5.81. The fourth-order valence-corrected chi connectivity index (χ4v) is 2.63. The zero-order valence-corrected chi connectivity index (χ0v) is 10.5. The largest absolute Gasteiger partial charge is 0.394 e. The molecular weight excluding hydrogens is 245 g/mol. The Bertz CT molecular complexity index is 370.